The zero-order valence-corrected chi connectivity index (χ0v) is 11.4. The van der Waals surface area contributed by atoms with Gasteiger partial charge in [0.15, 0.2) is 0 Å². The second-order valence-corrected chi connectivity index (χ2v) is 5.70. The van der Waals surface area contributed by atoms with E-state index in [9.17, 15) is 0 Å². The summed E-state index contributed by atoms with van der Waals surface area (Å²) in [5, 5.41) is 1.22. The number of likely N-dealkylation sites (tertiary alicyclic amines) is 1. The molecule has 0 saturated carbocycles. The van der Waals surface area contributed by atoms with Crippen LogP contribution < -0.4 is 5.73 Å². The highest BCUT2D eigenvalue weighted by Crippen LogP contribution is 2.19. The maximum absolute atomic E-state index is 6.07. The Morgan fingerprint density at radius 1 is 1.37 bits per heavy atom. The van der Waals surface area contributed by atoms with E-state index in [0.717, 1.165) is 31.6 Å². The third-order valence-corrected chi connectivity index (χ3v) is 4.13. The van der Waals surface area contributed by atoms with Gasteiger partial charge in [-0.1, -0.05) is 19.1 Å². The molecule has 0 spiro atoms. The van der Waals surface area contributed by atoms with E-state index < -0.39 is 0 Å². The maximum atomic E-state index is 6.07. The predicted octanol–water partition coefficient (Wildman–Crippen LogP) is 2.40. The van der Waals surface area contributed by atoms with Gasteiger partial charge in [-0.15, -0.1) is 0 Å². The molecule has 1 aromatic heterocycles. The van der Waals surface area contributed by atoms with Crippen molar-refractivity contribution in [3.63, 3.8) is 0 Å². The van der Waals surface area contributed by atoms with E-state index in [-0.39, 0.29) is 0 Å². The van der Waals surface area contributed by atoms with Crippen LogP contribution in [0.3, 0.4) is 0 Å². The van der Waals surface area contributed by atoms with Gasteiger partial charge in [0.05, 0.1) is 5.52 Å². The molecular formula is C16H21N3. The van der Waals surface area contributed by atoms with E-state index in [1.807, 2.05) is 12.3 Å². The summed E-state index contributed by atoms with van der Waals surface area (Å²) in [6.45, 7) is 5.48. The third kappa shape index (κ3) is 2.77. The summed E-state index contributed by atoms with van der Waals surface area (Å²) in [4.78, 5) is 6.87. The number of pyridine rings is 1. The molecule has 100 valence electrons. The number of piperidine rings is 1. The zero-order valence-electron chi connectivity index (χ0n) is 11.4. The monoisotopic (exact) mass is 255 g/mol. The quantitative estimate of drug-likeness (QED) is 0.896. The smallest absolute Gasteiger partial charge is 0.0702 e. The number of nitrogens with zero attached hydrogens (tertiary/aromatic N) is 2. The molecule has 1 saturated heterocycles. The molecule has 2 unspecified atom stereocenters. The van der Waals surface area contributed by atoms with E-state index >= 15 is 0 Å². The van der Waals surface area contributed by atoms with Crippen LogP contribution in [0.5, 0.6) is 0 Å². The molecule has 3 rings (SSSR count). The van der Waals surface area contributed by atoms with Crippen LogP contribution in [0.4, 0.5) is 0 Å². The molecule has 0 bridgehead atoms. The molecule has 0 amide bonds. The summed E-state index contributed by atoms with van der Waals surface area (Å²) < 4.78 is 0. The molecule has 2 atom stereocenters. The van der Waals surface area contributed by atoms with Gasteiger partial charge >= 0.3 is 0 Å². The minimum Gasteiger partial charge on any atom is -0.327 e. The normalized spacial score (nSPS) is 24.7. The first-order valence-corrected chi connectivity index (χ1v) is 7.04. The van der Waals surface area contributed by atoms with Crippen LogP contribution in [0.25, 0.3) is 10.9 Å². The number of nitrogens with two attached hydrogens (primary N) is 1. The Morgan fingerprint density at radius 2 is 2.26 bits per heavy atom. The highest BCUT2D eigenvalue weighted by molar-refractivity contribution is 5.78. The summed E-state index contributed by atoms with van der Waals surface area (Å²) in [6.07, 6.45) is 2.95. The van der Waals surface area contributed by atoms with Gasteiger partial charge in [0, 0.05) is 30.7 Å². The fourth-order valence-corrected chi connectivity index (χ4v) is 2.88. The predicted molar refractivity (Wildman–Crippen MR) is 78.8 cm³/mol. The van der Waals surface area contributed by atoms with E-state index in [2.05, 4.69) is 41.1 Å². The Morgan fingerprint density at radius 3 is 3.11 bits per heavy atom. The Balaban J connectivity index is 1.74. The maximum Gasteiger partial charge on any atom is 0.0702 e. The first kappa shape index (κ1) is 12.6. The lowest BCUT2D eigenvalue weighted by Crippen LogP contribution is -2.45. The van der Waals surface area contributed by atoms with Crippen molar-refractivity contribution >= 4 is 10.9 Å². The SMILES string of the molecule is CC1CN(Cc2ccc3ncccc3c2)CCC1N. The number of aromatic nitrogens is 1. The second-order valence-electron chi connectivity index (χ2n) is 5.70. The Hall–Kier alpha value is -1.45. The molecular weight excluding hydrogens is 234 g/mol. The first-order chi connectivity index (χ1) is 9.22. The molecule has 1 aliphatic heterocycles. The number of hydrogen-bond donors (Lipinski definition) is 1. The van der Waals surface area contributed by atoms with Crippen LogP contribution in [0.15, 0.2) is 36.5 Å². The molecule has 2 N–H and O–H groups in total. The molecule has 3 nitrogen and oxygen atoms in total. The van der Waals surface area contributed by atoms with E-state index in [0.29, 0.717) is 12.0 Å². The van der Waals surface area contributed by atoms with Crippen molar-refractivity contribution in [3.8, 4) is 0 Å². The molecule has 2 aromatic rings. The lowest BCUT2D eigenvalue weighted by atomic mass is 9.94. The average Bonchev–Trinajstić information content (AvgIpc) is 2.43. The number of rotatable bonds is 2. The number of hydrogen-bond acceptors (Lipinski definition) is 3. The van der Waals surface area contributed by atoms with Crippen molar-refractivity contribution < 1.29 is 0 Å². The summed E-state index contributed by atoms with van der Waals surface area (Å²) in [5.41, 5.74) is 8.51. The lowest BCUT2D eigenvalue weighted by molar-refractivity contribution is 0.158. The molecule has 1 aromatic carbocycles. The van der Waals surface area contributed by atoms with Gasteiger partial charge in [0.2, 0.25) is 0 Å². The second kappa shape index (κ2) is 5.27. The van der Waals surface area contributed by atoms with Crippen molar-refractivity contribution in [2.75, 3.05) is 13.1 Å². The summed E-state index contributed by atoms with van der Waals surface area (Å²) in [6, 6.07) is 11.0. The van der Waals surface area contributed by atoms with Gasteiger partial charge in [0.25, 0.3) is 0 Å². The summed E-state index contributed by atoms with van der Waals surface area (Å²) in [5.74, 6) is 0.593. The van der Waals surface area contributed by atoms with Gasteiger partial charge in [0.1, 0.15) is 0 Å². The Kier molecular flexibility index (Phi) is 3.49. The minimum atomic E-state index is 0.372. The zero-order chi connectivity index (χ0) is 13.2. The third-order valence-electron chi connectivity index (χ3n) is 4.13. The van der Waals surface area contributed by atoms with Gasteiger partial charge in [-0.2, -0.15) is 0 Å². The molecule has 3 heteroatoms. The van der Waals surface area contributed by atoms with Crippen LogP contribution in [0.2, 0.25) is 0 Å². The fourth-order valence-electron chi connectivity index (χ4n) is 2.88. The van der Waals surface area contributed by atoms with Crippen molar-refractivity contribution in [1.29, 1.82) is 0 Å². The largest absolute Gasteiger partial charge is 0.327 e. The molecule has 19 heavy (non-hydrogen) atoms. The molecule has 1 aliphatic rings. The number of fused-ring (bicyclic) bond motifs is 1. The highest BCUT2D eigenvalue weighted by Gasteiger charge is 2.22. The molecule has 0 aliphatic carbocycles. The van der Waals surface area contributed by atoms with Crippen molar-refractivity contribution in [2.24, 2.45) is 11.7 Å². The Labute approximate surface area is 114 Å². The number of benzene rings is 1. The van der Waals surface area contributed by atoms with Crippen LogP contribution >= 0.6 is 0 Å². The van der Waals surface area contributed by atoms with Crippen LogP contribution in [-0.2, 0) is 6.54 Å². The Bertz CT molecular complexity index is 567. The van der Waals surface area contributed by atoms with Gasteiger partial charge in [-0.25, -0.2) is 0 Å². The highest BCUT2D eigenvalue weighted by atomic mass is 15.1. The molecule has 1 fully saturated rings. The first-order valence-electron chi connectivity index (χ1n) is 7.04. The van der Waals surface area contributed by atoms with Crippen LogP contribution in [-0.4, -0.2) is 29.0 Å². The van der Waals surface area contributed by atoms with Gasteiger partial charge in [-0.3, -0.25) is 9.88 Å². The standard InChI is InChI=1S/C16H21N3/c1-12-10-19(8-6-15(12)17)11-13-4-5-16-14(9-13)3-2-7-18-16/h2-5,7,9,12,15H,6,8,10-11,17H2,1H3. The lowest BCUT2D eigenvalue weighted by Gasteiger charge is -2.35. The average molecular weight is 255 g/mol. The van der Waals surface area contributed by atoms with E-state index in [4.69, 9.17) is 5.73 Å². The van der Waals surface area contributed by atoms with Gasteiger partial charge in [-0.05, 0) is 42.6 Å². The summed E-state index contributed by atoms with van der Waals surface area (Å²) in [7, 11) is 0. The van der Waals surface area contributed by atoms with Crippen LogP contribution in [0.1, 0.15) is 18.9 Å². The van der Waals surface area contributed by atoms with Crippen molar-refractivity contribution in [3.05, 3.63) is 42.1 Å². The van der Waals surface area contributed by atoms with E-state index in [1.54, 1.807) is 0 Å². The van der Waals surface area contributed by atoms with Crippen LogP contribution in [0, 0.1) is 5.92 Å². The van der Waals surface area contributed by atoms with E-state index in [1.165, 1.54) is 10.9 Å². The van der Waals surface area contributed by atoms with Crippen molar-refractivity contribution in [1.82, 2.24) is 9.88 Å². The molecule has 0 radical (unpaired) electrons. The van der Waals surface area contributed by atoms with Crippen molar-refractivity contribution in [2.45, 2.75) is 25.9 Å². The molecule has 2 heterocycles. The summed E-state index contributed by atoms with van der Waals surface area (Å²) >= 11 is 0. The topological polar surface area (TPSA) is 42.2 Å². The fraction of sp³-hybridized carbons (Fsp3) is 0.438. The minimum absolute atomic E-state index is 0.372. The van der Waals surface area contributed by atoms with Gasteiger partial charge < -0.3 is 5.73 Å².